The summed E-state index contributed by atoms with van der Waals surface area (Å²) in [5.74, 6) is 1.29. The minimum atomic E-state index is -0.513. The van der Waals surface area contributed by atoms with E-state index in [1.165, 1.54) is 5.00 Å². The van der Waals surface area contributed by atoms with Gasteiger partial charge in [-0.15, -0.1) is 21.5 Å². The quantitative estimate of drug-likeness (QED) is 0.221. The normalized spacial score (nSPS) is 14.9. The van der Waals surface area contributed by atoms with Gasteiger partial charge in [0.05, 0.1) is 36.6 Å². The van der Waals surface area contributed by atoms with Gasteiger partial charge in [0.15, 0.2) is 11.5 Å². The molecule has 0 aliphatic carbocycles. The van der Waals surface area contributed by atoms with Crippen molar-refractivity contribution in [1.82, 2.24) is 19.8 Å². The van der Waals surface area contributed by atoms with Crippen LogP contribution in [0.4, 0.5) is 5.00 Å². The molecule has 0 amide bonds. The summed E-state index contributed by atoms with van der Waals surface area (Å²) in [6.45, 7) is 7.57. The van der Waals surface area contributed by atoms with Crippen LogP contribution in [0.1, 0.15) is 24.4 Å². The molecule has 0 saturated carbocycles. The van der Waals surface area contributed by atoms with Crippen molar-refractivity contribution >= 4 is 28.1 Å². The monoisotopic (exact) mass is 490 g/mol. The molecule has 1 saturated heterocycles. The van der Waals surface area contributed by atoms with Gasteiger partial charge in [-0.1, -0.05) is 31.1 Å². The van der Waals surface area contributed by atoms with E-state index in [0.29, 0.717) is 17.2 Å². The first kappa shape index (κ1) is 23.1. The number of benzene rings is 1. The number of hydrogen-bond acceptors (Lipinski definition) is 8. The number of thiophene rings is 1. The van der Waals surface area contributed by atoms with E-state index in [9.17, 15) is 0 Å². The molecular formula is C24H26N8O2S. The Labute approximate surface area is 206 Å². The van der Waals surface area contributed by atoms with Crippen LogP contribution in [0.25, 0.3) is 33.6 Å². The third-order valence-corrected chi connectivity index (χ3v) is 7.17. The molecule has 35 heavy (non-hydrogen) atoms. The fraction of sp³-hybridized carbons (Fsp3) is 0.375. The molecule has 180 valence electrons. The molecule has 0 N–H and O–H groups in total. The fourth-order valence-corrected chi connectivity index (χ4v) is 5.23. The van der Waals surface area contributed by atoms with Gasteiger partial charge in [-0.25, -0.2) is 0 Å². The van der Waals surface area contributed by atoms with Crippen LogP contribution in [0.3, 0.4) is 0 Å². The number of azide groups is 1. The van der Waals surface area contributed by atoms with Gasteiger partial charge in [0.1, 0.15) is 5.75 Å². The van der Waals surface area contributed by atoms with Crippen LogP contribution in [0, 0.1) is 0 Å². The van der Waals surface area contributed by atoms with Gasteiger partial charge in [-0.2, -0.15) is 9.61 Å². The van der Waals surface area contributed by atoms with Gasteiger partial charge in [0.25, 0.3) is 0 Å². The molecule has 4 heterocycles. The highest BCUT2D eigenvalue weighted by Gasteiger charge is 2.28. The van der Waals surface area contributed by atoms with Gasteiger partial charge in [-0.3, -0.25) is 0 Å². The number of ether oxygens (including phenoxy) is 2. The van der Waals surface area contributed by atoms with Crippen molar-refractivity contribution in [2.45, 2.75) is 19.3 Å². The first-order valence-corrected chi connectivity index (χ1v) is 12.2. The van der Waals surface area contributed by atoms with Crippen molar-refractivity contribution in [3.63, 3.8) is 0 Å². The van der Waals surface area contributed by atoms with Crippen molar-refractivity contribution in [2.75, 3.05) is 44.9 Å². The number of anilines is 1. The van der Waals surface area contributed by atoms with Crippen LogP contribution >= 0.6 is 11.3 Å². The van der Waals surface area contributed by atoms with Crippen molar-refractivity contribution in [3.8, 4) is 17.1 Å². The van der Waals surface area contributed by atoms with Crippen molar-refractivity contribution < 1.29 is 9.47 Å². The number of morpholine rings is 1. The van der Waals surface area contributed by atoms with E-state index in [1.54, 1.807) is 23.0 Å². The molecule has 1 aromatic carbocycles. The Balaban J connectivity index is 1.67. The summed E-state index contributed by atoms with van der Waals surface area (Å²) in [6.07, 6.45) is 2.10. The number of methoxy groups -OCH3 is 1. The summed E-state index contributed by atoms with van der Waals surface area (Å²) >= 11 is 1.72. The van der Waals surface area contributed by atoms with E-state index >= 15 is 0 Å². The predicted octanol–water partition coefficient (Wildman–Crippen LogP) is 3.83. The third kappa shape index (κ3) is 4.41. The first-order valence-electron chi connectivity index (χ1n) is 11.4. The number of hydrogen-bond donors (Lipinski definition) is 0. The molecule has 1 aliphatic rings. The SMILES string of the molecule is COc1ccccc1-c1nnc2/c(=C\c3ccc(N4CCOCC4)s3)c(C(C)(C)CN=[N+]=[N-])nn12. The summed E-state index contributed by atoms with van der Waals surface area (Å²) in [7, 11) is 1.63. The number of aromatic nitrogens is 4. The highest BCUT2D eigenvalue weighted by molar-refractivity contribution is 7.16. The molecular weight excluding hydrogens is 464 g/mol. The molecule has 3 aromatic heterocycles. The Hall–Kier alpha value is -3.66. The Morgan fingerprint density at radius 3 is 2.77 bits per heavy atom. The number of para-hydroxylation sites is 1. The lowest BCUT2D eigenvalue weighted by atomic mass is 9.88. The fourth-order valence-electron chi connectivity index (χ4n) is 4.23. The average Bonchev–Trinajstić information content (AvgIpc) is 3.60. The van der Waals surface area contributed by atoms with Crippen LogP contribution in [0.2, 0.25) is 0 Å². The standard InChI is InChI=1S/C24H26N8O2S/c1-24(2,15-26-30-25)21-18(14-16-8-9-20(35-16)31-10-12-34-13-11-31)23-28-27-22(32(23)29-21)17-6-4-5-7-19(17)33-3/h4-9,14H,10-13,15H2,1-3H3/b18-14-. The Bertz CT molecular complexity index is 1450. The van der Waals surface area contributed by atoms with E-state index < -0.39 is 5.41 Å². The highest BCUT2D eigenvalue weighted by Crippen LogP contribution is 2.30. The van der Waals surface area contributed by atoms with E-state index in [1.807, 2.05) is 38.1 Å². The smallest absolute Gasteiger partial charge is 0.189 e. The zero-order chi connectivity index (χ0) is 24.4. The van der Waals surface area contributed by atoms with Crippen LogP contribution in [0.5, 0.6) is 5.75 Å². The second kappa shape index (κ2) is 9.53. The van der Waals surface area contributed by atoms with E-state index in [0.717, 1.165) is 47.7 Å². The molecule has 11 heteroatoms. The topological polar surface area (TPSA) is 114 Å². The molecule has 0 atom stereocenters. The Morgan fingerprint density at radius 1 is 1.20 bits per heavy atom. The lowest BCUT2D eigenvalue weighted by Gasteiger charge is -2.27. The first-order chi connectivity index (χ1) is 17.0. The van der Waals surface area contributed by atoms with Crippen molar-refractivity contribution in [2.24, 2.45) is 5.11 Å². The van der Waals surface area contributed by atoms with Gasteiger partial charge >= 0.3 is 0 Å². The zero-order valence-corrected chi connectivity index (χ0v) is 20.7. The lowest BCUT2D eigenvalue weighted by Crippen LogP contribution is -2.35. The minimum Gasteiger partial charge on any atom is -0.496 e. The predicted molar refractivity (Wildman–Crippen MR) is 136 cm³/mol. The van der Waals surface area contributed by atoms with E-state index in [-0.39, 0.29) is 6.54 Å². The third-order valence-electron chi connectivity index (χ3n) is 6.08. The molecule has 0 spiro atoms. The summed E-state index contributed by atoms with van der Waals surface area (Å²) in [6, 6.07) is 11.9. The molecule has 0 radical (unpaired) electrons. The summed E-state index contributed by atoms with van der Waals surface area (Å²) < 4.78 is 12.8. The minimum absolute atomic E-state index is 0.269. The molecule has 4 aromatic rings. The van der Waals surface area contributed by atoms with Crippen LogP contribution < -0.4 is 14.9 Å². The maximum Gasteiger partial charge on any atom is 0.189 e. The van der Waals surface area contributed by atoms with Gasteiger partial charge in [0.2, 0.25) is 0 Å². The number of rotatable bonds is 7. The van der Waals surface area contributed by atoms with E-state index in [2.05, 4.69) is 43.3 Å². The van der Waals surface area contributed by atoms with Crippen molar-refractivity contribution in [3.05, 3.63) is 62.6 Å². The van der Waals surface area contributed by atoms with Gasteiger partial charge in [0, 0.05) is 40.1 Å². The number of nitrogens with zero attached hydrogens (tertiary/aromatic N) is 8. The molecule has 5 rings (SSSR count). The van der Waals surface area contributed by atoms with Gasteiger partial charge in [-0.05, 0) is 35.9 Å². The molecule has 0 bridgehead atoms. The summed E-state index contributed by atoms with van der Waals surface area (Å²) in [4.78, 5) is 6.39. The molecule has 10 nitrogen and oxygen atoms in total. The van der Waals surface area contributed by atoms with E-state index in [4.69, 9.17) is 20.1 Å². The Kier molecular flexibility index (Phi) is 6.29. The lowest BCUT2D eigenvalue weighted by molar-refractivity contribution is 0.123. The van der Waals surface area contributed by atoms with Gasteiger partial charge < -0.3 is 14.4 Å². The maximum absolute atomic E-state index is 8.93. The average molecular weight is 491 g/mol. The maximum atomic E-state index is 8.93. The zero-order valence-electron chi connectivity index (χ0n) is 19.9. The Morgan fingerprint density at radius 2 is 2.00 bits per heavy atom. The van der Waals surface area contributed by atoms with Crippen molar-refractivity contribution in [1.29, 1.82) is 0 Å². The van der Waals surface area contributed by atoms with Crippen LogP contribution in [0.15, 0.2) is 41.5 Å². The molecule has 1 fully saturated rings. The highest BCUT2D eigenvalue weighted by atomic mass is 32.1. The number of fused-ring (bicyclic) bond motifs is 1. The molecule has 1 aliphatic heterocycles. The van der Waals surface area contributed by atoms with Crippen LogP contribution in [-0.4, -0.2) is 59.8 Å². The molecule has 0 unspecified atom stereocenters. The largest absolute Gasteiger partial charge is 0.496 e. The second-order valence-corrected chi connectivity index (χ2v) is 10.0. The van der Waals surface area contributed by atoms with Crippen LogP contribution in [-0.2, 0) is 10.2 Å². The second-order valence-electron chi connectivity index (χ2n) is 8.91. The summed E-state index contributed by atoms with van der Waals surface area (Å²) in [5, 5.41) is 19.8. The summed E-state index contributed by atoms with van der Waals surface area (Å²) in [5.41, 5.74) is 10.7.